The summed E-state index contributed by atoms with van der Waals surface area (Å²) in [4.78, 5) is 13.5. The van der Waals surface area contributed by atoms with E-state index in [0.717, 1.165) is 25.3 Å². The Balaban J connectivity index is 2.35. The van der Waals surface area contributed by atoms with Gasteiger partial charge in [0.1, 0.15) is 5.69 Å². The van der Waals surface area contributed by atoms with Gasteiger partial charge < -0.3 is 9.47 Å². The van der Waals surface area contributed by atoms with Gasteiger partial charge in [-0.25, -0.2) is 0 Å². The Labute approximate surface area is 71.6 Å². The van der Waals surface area contributed by atoms with Gasteiger partial charge in [0, 0.05) is 25.8 Å². The topological polar surface area (TPSA) is 25.2 Å². The van der Waals surface area contributed by atoms with Crippen molar-refractivity contribution < 1.29 is 4.79 Å². The molecule has 2 heterocycles. The fourth-order valence-corrected chi connectivity index (χ4v) is 1.60. The summed E-state index contributed by atoms with van der Waals surface area (Å²) < 4.78 is 2.01. The number of carbonyl (C=O) groups excluding carboxylic acids is 1. The van der Waals surface area contributed by atoms with Gasteiger partial charge in [0.25, 0.3) is 5.91 Å². The van der Waals surface area contributed by atoms with E-state index in [1.54, 1.807) is 0 Å². The molecule has 12 heavy (non-hydrogen) atoms. The molecule has 0 bridgehead atoms. The van der Waals surface area contributed by atoms with Crippen molar-refractivity contribution in [2.75, 3.05) is 13.1 Å². The first-order valence-electron chi connectivity index (χ1n) is 4.27. The normalized spacial score (nSPS) is 16.4. The fraction of sp³-hybridized carbons (Fsp3) is 0.444. The highest BCUT2D eigenvalue weighted by Gasteiger charge is 2.21. The Bertz CT molecular complexity index is 303. The Kier molecular flexibility index (Phi) is 1.64. The van der Waals surface area contributed by atoms with Crippen LogP contribution >= 0.6 is 0 Å². The van der Waals surface area contributed by atoms with Gasteiger partial charge >= 0.3 is 0 Å². The molecule has 0 unspecified atom stereocenters. The molecule has 0 atom stereocenters. The predicted molar refractivity (Wildman–Crippen MR) is 46.0 cm³/mol. The second-order valence-electron chi connectivity index (χ2n) is 2.97. The molecule has 0 N–H and O–H groups in total. The van der Waals surface area contributed by atoms with Crippen LogP contribution in [0, 0.1) is 0 Å². The number of rotatable bonds is 1. The highest BCUT2D eigenvalue weighted by molar-refractivity contribution is 5.93. The van der Waals surface area contributed by atoms with E-state index < -0.39 is 0 Å². The van der Waals surface area contributed by atoms with Crippen molar-refractivity contribution in [1.29, 1.82) is 0 Å². The summed E-state index contributed by atoms with van der Waals surface area (Å²) in [6.07, 6.45) is 1.96. The average Bonchev–Trinajstić information content (AvgIpc) is 2.53. The Hall–Kier alpha value is -1.25. The van der Waals surface area contributed by atoms with Gasteiger partial charge in [-0.1, -0.05) is 0 Å². The van der Waals surface area contributed by atoms with E-state index in [-0.39, 0.29) is 5.91 Å². The molecule has 1 aliphatic rings. The maximum atomic E-state index is 11.6. The van der Waals surface area contributed by atoms with Crippen LogP contribution in [-0.4, -0.2) is 28.5 Å². The summed E-state index contributed by atoms with van der Waals surface area (Å²) in [6.45, 7) is 4.60. The first-order chi connectivity index (χ1) is 5.83. The third-order valence-corrected chi connectivity index (χ3v) is 2.33. The molecule has 0 saturated carbocycles. The van der Waals surface area contributed by atoms with E-state index in [4.69, 9.17) is 0 Å². The Morgan fingerprint density at radius 3 is 3.08 bits per heavy atom. The molecule has 1 aromatic rings. The summed E-state index contributed by atoms with van der Waals surface area (Å²) in [5.74, 6) is 0.161. The number of amides is 1. The molecular weight excluding hydrogens is 152 g/mol. The largest absolute Gasteiger partial charge is 0.342 e. The summed E-state index contributed by atoms with van der Waals surface area (Å²) in [5.41, 5.74) is 0.822. The van der Waals surface area contributed by atoms with Crippen LogP contribution in [0.3, 0.4) is 0 Å². The minimum absolute atomic E-state index is 0.161. The molecule has 1 aliphatic heterocycles. The fourth-order valence-electron chi connectivity index (χ4n) is 1.60. The Morgan fingerprint density at radius 1 is 1.50 bits per heavy atom. The van der Waals surface area contributed by atoms with Crippen LogP contribution in [0.1, 0.15) is 17.4 Å². The van der Waals surface area contributed by atoms with E-state index in [2.05, 4.69) is 0 Å². The van der Waals surface area contributed by atoms with Crippen LogP contribution in [-0.2, 0) is 6.54 Å². The van der Waals surface area contributed by atoms with Crippen LogP contribution in [0.2, 0.25) is 0 Å². The van der Waals surface area contributed by atoms with Gasteiger partial charge in [0.15, 0.2) is 0 Å². The van der Waals surface area contributed by atoms with E-state index in [1.165, 1.54) is 0 Å². The molecule has 1 aromatic heterocycles. The molecule has 0 radical (unpaired) electrons. The first-order valence-corrected chi connectivity index (χ1v) is 4.27. The Morgan fingerprint density at radius 2 is 2.33 bits per heavy atom. The minimum Gasteiger partial charge on any atom is -0.342 e. The van der Waals surface area contributed by atoms with Crippen molar-refractivity contribution in [1.82, 2.24) is 9.47 Å². The molecule has 1 amide bonds. The van der Waals surface area contributed by atoms with Crippen molar-refractivity contribution in [2.45, 2.75) is 13.5 Å². The molecule has 0 saturated heterocycles. The van der Waals surface area contributed by atoms with Gasteiger partial charge in [-0.05, 0) is 19.1 Å². The highest BCUT2D eigenvalue weighted by Crippen LogP contribution is 2.11. The number of hydrogen-bond donors (Lipinski definition) is 0. The quantitative estimate of drug-likeness (QED) is 0.607. The zero-order valence-corrected chi connectivity index (χ0v) is 7.16. The van der Waals surface area contributed by atoms with Gasteiger partial charge in [-0.15, -0.1) is 0 Å². The molecule has 2 rings (SSSR count). The average molecular weight is 164 g/mol. The number of carbonyl (C=O) groups is 1. The molecule has 0 spiro atoms. The molecule has 0 aromatic carbocycles. The lowest BCUT2D eigenvalue weighted by atomic mass is 10.3. The van der Waals surface area contributed by atoms with Crippen molar-refractivity contribution in [3.63, 3.8) is 0 Å². The molecule has 64 valence electrons. The van der Waals surface area contributed by atoms with Crippen molar-refractivity contribution in [2.24, 2.45) is 0 Å². The molecule has 3 heteroatoms. The zero-order valence-electron chi connectivity index (χ0n) is 7.16. The maximum Gasteiger partial charge on any atom is 0.270 e. The molecule has 0 fully saturated rings. The second-order valence-corrected chi connectivity index (χ2v) is 2.97. The number of fused-ring (bicyclic) bond motifs is 1. The van der Waals surface area contributed by atoms with Gasteiger partial charge in [0.2, 0.25) is 0 Å². The van der Waals surface area contributed by atoms with Crippen LogP contribution in [0.4, 0.5) is 0 Å². The lowest BCUT2D eigenvalue weighted by Crippen LogP contribution is -2.39. The summed E-state index contributed by atoms with van der Waals surface area (Å²) in [6, 6.07) is 3.80. The van der Waals surface area contributed by atoms with Gasteiger partial charge in [-0.3, -0.25) is 4.79 Å². The number of hydrogen-bond acceptors (Lipinski definition) is 1. The lowest BCUT2D eigenvalue weighted by Gasteiger charge is -2.26. The summed E-state index contributed by atoms with van der Waals surface area (Å²) in [5, 5.41) is 0. The SMILES string of the molecule is CCN1CCn2cccc2C1=O. The van der Waals surface area contributed by atoms with E-state index >= 15 is 0 Å². The summed E-state index contributed by atoms with van der Waals surface area (Å²) in [7, 11) is 0. The van der Waals surface area contributed by atoms with Gasteiger partial charge in [-0.2, -0.15) is 0 Å². The van der Waals surface area contributed by atoms with Crippen molar-refractivity contribution >= 4 is 5.91 Å². The number of likely N-dealkylation sites (N-methyl/N-ethyl adjacent to an activating group) is 1. The molecular formula is C9H12N2O. The number of nitrogens with zero attached hydrogens (tertiary/aromatic N) is 2. The standard InChI is InChI=1S/C9H12N2O/c1-2-10-6-7-11-5-3-4-8(11)9(10)12/h3-5H,2,6-7H2,1H3. The predicted octanol–water partition coefficient (Wildman–Crippen LogP) is 0.964. The van der Waals surface area contributed by atoms with Crippen LogP contribution in [0.5, 0.6) is 0 Å². The van der Waals surface area contributed by atoms with E-state index in [1.807, 2.05) is 34.7 Å². The van der Waals surface area contributed by atoms with Gasteiger partial charge in [0.05, 0.1) is 0 Å². The highest BCUT2D eigenvalue weighted by atomic mass is 16.2. The van der Waals surface area contributed by atoms with E-state index in [9.17, 15) is 4.79 Å². The molecule has 0 aliphatic carbocycles. The number of aromatic nitrogens is 1. The monoisotopic (exact) mass is 164 g/mol. The minimum atomic E-state index is 0.161. The van der Waals surface area contributed by atoms with E-state index in [0.29, 0.717) is 0 Å². The maximum absolute atomic E-state index is 11.6. The first kappa shape index (κ1) is 7.40. The zero-order chi connectivity index (χ0) is 8.55. The van der Waals surface area contributed by atoms with Crippen molar-refractivity contribution in [3.8, 4) is 0 Å². The van der Waals surface area contributed by atoms with Crippen molar-refractivity contribution in [3.05, 3.63) is 24.0 Å². The van der Waals surface area contributed by atoms with Crippen LogP contribution in [0.25, 0.3) is 0 Å². The smallest absolute Gasteiger partial charge is 0.270 e. The van der Waals surface area contributed by atoms with Crippen LogP contribution in [0.15, 0.2) is 18.3 Å². The second kappa shape index (κ2) is 2.66. The molecule has 3 nitrogen and oxygen atoms in total. The third-order valence-electron chi connectivity index (χ3n) is 2.33. The summed E-state index contributed by atoms with van der Waals surface area (Å²) >= 11 is 0. The van der Waals surface area contributed by atoms with Crippen LogP contribution < -0.4 is 0 Å². The lowest BCUT2D eigenvalue weighted by molar-refractivity contribution is 0.0715. The third kappa shape index (κ3) is 0.932.